The minimum Gasteiger partial charge on any atom is -0.347 e. The quantitative estimate of drug-likeness (QED) is 0.923. The number of amides is 2. The van der Waals surface area contributed by atoms with Crippen molar-refractivity contribution in [2.24, 2.45) is 5.92 Å². The van der Waals surface area contributed by atoms with Gasteiger partial charge in [0.25, 0.3) is 0 Å². The van der Waals surface area contributed by atoms with Crippen LogP contribution in [0.3, 0.4) is 0 Å². The minimum atomic E-state index is -0.315. The molecule has 3 aliphatic rings. The number of carbonyl (C=O) groups is 2. The van der Waals surface area contributed by atoms with Gasteiger partial charge in [0.2, 0.25) is 11.8 Å². The number of carbonyl (C=O) groups excluding carboxylic acids is 2. The minimum absolute atomic E-state index is 0.0113. The van der Waals surface area contributed by atoms with E-state index in [-0.39, 0.29) is 28.8 Å². The van der Waals surface area contributed by atoms with E-state index < -0.39 is 0 Å². The van der Waals surface area contributed by atoms with Crippen LogP contribution < -0.4 is 5.32 Å². The zero-order valence-corrected chi connectivity index (χ0v) is 14.1. The molecule has 0 radical (unpaired) electrons. The molecule has 122 valence electrons. The van der Waals surface area contributed by atoms with Gasteiger partial charge in [-0.2, -0.15) is 0 Å². The molecule has 2 aliphatic heterocycles. The third-order valence-electron chi connectivity index (χ3n) is 5.30. The summed E-state index contributed by atoms with van der Waals surface area (Å²) in [6, 6.07) is 9.96. The van der Waals surface area contributed by atoms with Crippen LogP contribution >= 0.6 is 11.8 Å². The third-order valence-corrected chi connectivity index (χ3v) is 6.80. The van der Waals surface area contributed by atoms with Crippen LogP contribution in [0.4, 0.5) is 0 Å². The smallest absolute Gasteiger partial charge is 0.244 e. The highest BCUT2D eigenvalue weighted by molar-refractivity contribution is 8.01. The number of nitrogens with zero attached hydrogens (tertiary/aromatic N) is 1. The molecule has 1 saturated carbocycles. The van der Waals surface area contributed by atoms with Crippen molar-refractivity contribution in [3.63, 3.8) is 0 Å². The molecule has 0 spiro atoms. The van der Waals surface area contributed by atoms with Gasteiger partial charge in [-0.1, -0.05) is 30.3 Å². The van der Waals surface area contributed by atoms with Crippen molar-refractivity contribution >= 4 is 23.6 Å². The lowest BCUT2D eigenvalue weighted by Crippen LogP contribution is -2.50. The lowest BCUT2D eigenvalue weighted by molar-refractivity contribution is -0.138. The first-order valence-corrected chi connectivity index (χ1v) is 9.38. The number of benzene rings is 1. The van der Waals surface area contributed by atoms with Crippen molar-refractivity contribution in [1.82, 2.24) is 10.2 Å². The van der Waals surface area contributed by atoms with Crippen LogP contribution in [0, 0.1) is 5.92 Å². The van der Waals surface area contributed by atoms with Crippen LogP contribution in [-0.2, 0) is 9.59 Å². The molecule has 1 aromatic rings. The second-order valence-electron chi connectivity index (χ2n) is 7.00. The Hall–Kier alpha value is -1.49. The van der Waals surface area contributed by atoms with Crippen molar-refractivity contribution in [2.45, 2.75) is 49.6 Å². The highest BCUT2D eigenvalue weighted by atomic mass is 32.2. The first kappa shape index (κ1) is 15.1. The van der Waals surface area contributed by atoms with E-state index in [1.54, 1.807) is 11.8 Å². The van der Waals surface area contributed by atoms with Crippen LogP contribution in [-0.4, -0.2) is 33.4 Å². The Balaban J connectivity index is 1.52. The Morgan fingerprint density at radius 2 is 2.09 bits per heavy atom. The maximum atomic E-state index is 12.9. The summed E-state index contributed by atoms with van der Waals surface area (Å²) in [4.78, 5) is 26.7. The first-order valence-electron chi connectivity index (χ1n) is 8.40. The molecule has 1 N–H and O–H groups in total. The predicted molar refractivity (Wildman–Crippen MR) is 90.8 cm³/mol. The normalized spacial score (nSPS) is 31.1. The summed E-state index contributed by atoms with van der Waals surface area (Å²) in [5.41, 5.74) is 1.17. The second kappa shape index (κ2) is 5.55. The van der Waals surface area contributed by atoms with E-state index in [2.05, 4.69) is 24.4 Å². The molecule has 1 aromatic carbocycles. The average molecular weight is 330 g/mol. The van der Waals surface area contributed by atoms with Gasteiger partial charge < -0.3 is 10.2 Å². The van der Waals surface area contributed by atoms with Crippen LogP contribution in [0.15, 0.2) is 30.3 Å². The number of nitrogens with one attached hydrogen (secondary N) is 1. The lowest BCUT2D eigenvalue weighted by Gasteiger charge is -2.31. The van der Waals surface area contributed by atoms with Gasteiger partial charge in [-0.05, 0) is 37.7 Å². The molecule has 5 heteroatoms. The Bertz CT molecular complexity index is 631. The fourth-order valence-corrected chi connectivity index (χ4v) is 5.26. The Labute approximate surface area is 141 Å². The maximum Gasteiger partial charge on any atom is 0.244 e. The second-order valence-corrected chi connectivity index (χ2v) is 8.50. The zero-order chi connectivity index (χ0) is 16.0. The van der Waals surface area contributed by atoms with Gasteiger partial charge in [0.1, 0.15) is 6.04 Å². The number of hydrogen-bond acceptors (Lipinski definition) is 3. The SMILES string of the molecule is C[C@]12CCC(=O)N1[C@@H](C(=O)N[C@H](c1ccccc1)C1CC1)CS2. The lowest BCUT2D eigenvalue weighted by atomic mass is 10.0. The summed E-state index contributed by atoms with van der Waals surface area (Å²) in [5.74, 6) is 1.38. The van der Waals surface area contributed by atoms with Crippen LogP contribution in [0.5, 0.6) is 0 Å². The van der Waals surface area contributed by atoms with Gasteiger partial charge in [-0.15, -0.1) is 11.8 Å². The largest absolute Gasteiger partial charge is 0.347 e. The van der Waals surface area contributed by atoms with E-state index in [1.807, 2.05) is 23.1 Å². The van der Waals surface area contributed by atoms with Gasteiger partial charge >= 0.3 is 0 Å². The molecule has 0 aromatic heterocycles. The molecule has 0 bridgehead atoms. The Morgan fingerprint density at radius 3 is 2.78 bits per heavy atom. The highest BCUT2D eigenvalue weighted by Crippen LogP contribution is 2.47. The fraction of sp³-hybridized carbons (Fsp3) is 0.556. The maximum absolute atomic E-state index is 12.9. The van der Waals surface area contributed by atoms with E-state index >= 15 is 0 Å². The molecule has 4 nitrogen and oxygen atoms in total. The van der Waals surface area contributed by atoms with E-state index in [4.69, 9.17) is 0 Å². The highest BCUT2D eigenvalue weighted by Gasteiger charge is 2.53. The third kappa shape index (κ3) is 2.65. The van der Waals surface area contributed by atoms with E-state index in [9.17, 15) is 9.59 Å². The number of rotatable bonds is 4. The van der Waals surface area contributed by atoms with Crippen LogP contribution in [0.1, 0.15) is 44.2 Å². The molecule has 3 atom stereocenters. The molecule has 23 heavy (non-hydrogen) atoms. The molecule has 1 aliphatic carbocycles. The van der Waals surface area contributed by atoms with Gasteiger partial charge in [-0.3, -0.25) is 9.59 Å². The molecule has 2 saturated heterocycles. The van der Waals surface area contributed by atoms with Crippen molar-refractivity contribution in [3.8, 4) is 0 Å². The Morgan fingerprint density at radius 1 is 1.35 bits per heavy atom. The monoisotopic (exact) mass is 330 g/mol. The number of hydrogen-bond donors (Lipinski definition) is 1. The van der Waals surface area contributed by atoms with Crippen molar-refractivity contribution in [3.05, 3.63) is 35.9 Å². The molecule has 2 heterocycles. The van der Waals surface area contributed by atoms with Crippen LogP contribution in [0.2, 0.25) is 0 Å². The summed E-state index contributed by atoms with van der Waals surface area (Å²) in [5, 5.41) is 3.24. The van der Waals surface area contributed by atoms with E-state index in [1.165, 1.54) is 18.4 Å². The van der Waals surface area contributed by atoms with Gasteiger partial charge in [0.15, 0.2) is 0 Å². The molecule has 3 fully saturated rings. The molecular formula is C18H22N2O2S. The van der Waals surface area contributed by atoms with Gasteiger partial charge in [0, 0.05) is 12.2 Å². The Kier molecular flexibility index (Phi) is 3.63. The molecule has 0 unspecified atom stereocenters. The summed E-state index contributed by atoms with van der Waals surface area (Å²) in [7, 11) is 0. The van der Waals surface area contributed by atoms with Gasteiger partial charge in [-0.25, -0.2) is 0 Å². The van der Waals surface area contributed by atoms with Gasteiger partial charge in [0.05, 0.1) is 10.9 Å². The first-order chi connectivity index (χ1) is 11.1. The summed E-state index contributed by atoms with van der Waals surface area (Å²) in [6.07, 6.45) is 3.75. The van der Waals surface area contributed by atoms with Crippen LogP contribution in [0.25, 0.3) is 0 Å². The zero-order valence-electron chi connectivity index (χ0n) is 13.3. The molecular weight excluding hydrogens is 308 g/mol. The summed E-state index contributed by atoms with van der Waals surface area (Å²) >= 11 is 1.75. The van der Waals surface area contributed by atoms with E-state index in [0.717, 1.165) is 6.42 Å². The predicted octanol–water partition coefficient (Wildman–Crippen LogP) is 2.71. The number of thioether (sulfide) groups is 1. The topological polar surface area (TPSA) is 49.4 Å². The van der Waals surface area contributed by atoms with Crippen molar-refractivity contribution < 1.29 is 9.59 Å². The number of fused-ring (bicyclic) bond motifs is 1. The fourth-order valence-electron chi connectivity index (χ4n) is 3.83. The molecule has 2 amide bonds. The summed E-state index contributed by atoms with van der Waals surface area (Å²) in [6.45, 7) is 2.09. The molecule has 4 rings (SSSR count). The van der Waals surface area contributed by atoms with Crippen molar-refractivity contribution in [1.29, 1.82) is 0 Å². The standard InChI is InChI=1S/C18H22N2O2S/c1-18-10-9-15(21)20(18)14(11-23-18)17(22)19-16(13-7-8-13)12-5-3-2-4-6-12/h2-6,13-14,16H,7-11H2,1H3,(H,19,22)/t14-,16-,18+/m1/s1. The average Bonchev–Trinajstić information content (AvgIpc) is 3.27. The van der Waals surface area contributed by atoms with E-state index in [0.29, 0.717) is 18.1 Å². The summed E-state index contributed by atoms with van der Waals surface area (Å²) < 4.78 is 0. The van der Waals surface area contributed by atoms with Crippen molar-refractivity contribution in [2.75, 3.05) is 5.75 Å².